The van der Waals surface area contributed by atoms with Crippen LogP contribution in [0.1, 0.15) is 30.6 Å². The number of aromatic hydroxyl groups is 1. The Morgan fingerprint density at radius 3 is 2.94 bits per heavy atom. The predicted molar refractivity (Wildman–Crippen MR) is 72.2 cm³/mol. The normalized spacial score (nSPS) is 12.6. The molecule has 0 saturated heterocycles. The fourth-order valence-electron chi connectivity index (χ4n) is 1.84. The zero-order valence-corrected chi connectivity index (χ0v) is 11.6. The number of hydrogen-bond acceptors (Lipinski definition) is 4. The quantitative estimate of drug-likeness (QED) is 0.889. The van der Waals surface area contributed by atoms with Crippen LogP contribution >= 0.6 is 15.9 Å². The van der Waals surface area contributed by atoms with Crippen molar-refractivity contribution in [3.05, 3.63) is 46.3 Å². The predicted octanol–water partition coefficient (Wildman–Crippen LogP) is 3.38. The molecule has 1 heterocycles. The van der Waals surface area contributed by atoms with E-state index in [0.717, 1.165) is 22.2 Å². The summed E-state index contributed by atoms with van der Waals surface area (Å²) in [6.45, 7) is 2.68. The van der Waals surface area contributed by atoms with Gasteiger partial charge in [-0.05, 0) is 24.6 Å². The van der Waals surface area contributed by atoms with Gasteiger partial charge in [0.15, 0.2) is 0 Å². The molecule has 5 heteroatoms. The van der Waals surface area contributed by atoms with Crippen LogP contribution in [0.5, 0.6) is 5.75 Å². The highest BCUT2D eigenvalue weighted by atomic mass is 79.9. The average molecular weight is 311 g/mol. The first-order valence-corrected chi connectivity index (χ1v) is 6.61. The van der Waals surface area contributed by atoms with Gasteiger partial charge in [-0.3, -0.25) is 0 Å². The molecule has 0 aliphatic carbocycles. The van der Waals surface area contributed by atoms with E-state index in [0.29, 0.717) is 12.3 Å². The van der Waals surface area contributed by atoms with Crippen LogP contribution in [-0.2, 0) is 6.54 Å². The third-order valence-corrected chi connectivity index (χ3v) is 3.29. The summed E-state index contributed by atoms with van der Waals surface area (Å²) in [5.74, 6) is 0.303. The van der Waals surface area contributed by atoms with E-state index < -0.39 is 0 Å². The lowest BCUT2D eigenvalue weighted by Crippen LogP contribution is -2.20. The van der Waals surface area contributed by atoms with Crippen LogP contribution in [0, 0.1) is 0 Å². The zero-order valence-electron chi connectivity index (χ0n) is 10.1. The van der Waals surface area contributed by atoms with Gasteiger partial charge in [0.25, 0.3) is 0 Å². The van der Waals surface area contributed by atoms with Gasteiger partial charge >= 0.3 is 0 Å². The summed E-state index contributed by atoms with van der Waals surface area (Å²) in [4.78, 5) is 0. The molecule has 0 saturated carbocycles. The Kier molecular flexibility index (Phi) is 4.38. The maximum Gasteiger partial charge on any atom is 0.124 e. The van der Waals surface area contributed by atoms with Gasteiger partial charge in [0.05, 0.1) is 5.69 Å². The summed E-state index contributed by atoms with van der Waals surface area (Å²) in [6.07, 6.45) is 2.43. The number of halogens is 1. The summed E-state index contributed by atoms with van der Waals surface area (Å²) >= 11 is 3.42. The molecule has 4 nitrogen and oxygen atoms in total. The van der Waals surface area contributed by atoms with E-state index in [2.05, 4.69) is 33.3 Å². The zero-order chi connectivity index (χ0) is 13.0. The van der Waals surface area contributed by atoms with Crippen LogP contribution in [0.15, 0.2) is 39.5 Å². The maximum atomic E-state index is 9.90. The van der Waals surface area contributed by atoms with Gasteiger partial charge < -0.3 is 14.9 Å². The second kappa shape index (κ2) is 6.02. The van der Waals surface area contributed by atoms with E-state index in [-0.39, 0.29) is 6.04 Å². The largest absolute Gasteiger partial charge is 0.508 e. The minimum Gasteiger partial charge on any atom is -0.508 e. The summed E-state index contributed by atoms with van der Waals surface area (Å²) in [6, 6.07) is 7.35. The minimum absolute atomic E-state index is 0.0826. The third-order valence-electron chi connectivity index (χ3n) is 2.79. The SMILES string of the molecule is CCC(NCc1ccon1)c1cc(Br)ccc1O. The van der Waals surface area contributed by atoms with Crippen molar-refractivity contribution >= 4 is 15.9 Å². The Morgan fingerprint density at radius 2 is 2.28 bits per heavy atom. The van der Waals surface area contributed by atoms with Gasteiger partial charge in [0, 0.05) is 28.7 Å². The van der Waals surface area contributed by atoms with Crippen molar-refractivity contribution in [3.8, 4) is 5.75 Å². The highest BCUT2D eigenvalue weighted by Gasteiger charge is 2.14. The second-order valence-corrected chi connectivity index (χ2v) is 4.95. The van der Waals surface area contributed by atoms with Crippen LogP contribution in [0.25, 0.3) is 0 Å². The molecule has 18 heavy (non-hydrogen) atoms. The Hall–Kier alpha value is -1.33. The summed E-state index contributed by atoms with van der Waals surface area (Å²) in [5.41, 5.74) is 1.73. The molecule has 96 valence electrons. The van der Waals surface area contributed by atoms with Crippen molar-refractivity contribution in [3.63, 3.8) is 0 Å². The highest BCUT2D eigenvalue weighted by molar-refractivity contribution is 9.10. The molecule has 1 aromatic carbocycles. The van der Waals surface area contributed by atoms with Gasteiger partial charge in [-0.25, -0.2) is 0 Å². The molecule has 2 aromatic rings. The fourth-order valence-corrected chi connectivity index (χ4v) is 2.21. The van der Waals surface area contributed by atoms with E-state index in [1.165, 1.54) is 0 Å². The van der Waals surface area contributed by atoms with Gasteiger partial charge in [-0.15, -0.1) is 0 Å². The Balaban J connectivity index is 2.10. The van der Waals surface area contributed by atoms with Crippen molar-refractivity contribution in [1.29, 1.82) is 0 Å². The first kappa shape index (κ1) is 13.1. The number of phenols is 1. The van der Waals surface area contributed by atoms with Crippen molar-refractivity contribution in [2.45, 2.75) is 25.9 Å². The van der Waals surface area contributed by atoms with Crippen LogP contribution in [0.2, 0.25) is 0 Å². The Morgan fingerprint density at radius 1 is 1.44 bits per heavy atom. The molecule has 0 spiro atoms. The number of hydrogen-bond donors (Lipinski definition) is 2. The van der Waals surface area contributed by atoms with Crippen molar-refractivity contribution < 1.29 is 9.63 Å². The number of benzene rings is 1. The molecule has 0 aliphatic heterocycles. The van der Waals surface area contributed by atoms with E-state index in [1.807, 2.05) is 18.2 Å². The van der Waals surface area contributed by atoms with Gasteiger partial charge in [0.2, 0.25) is 0 Å². The first-order valence-electron chi connectivity index (χ1n) is 5.81. The van der Waals surface area contributed by atoms with Gasteiger partial charge in [0.1, 0.15) is 12.0 Å². The number of nitrogens with one attached hydrogen (secondary N) is 1. The molecule has 1 atom stereocenters. The van der Waals surface area contributed by atoms with Crippen LogP contribution in [-0.4, -0.2) is 10.3 Å². The molecular formula is C13H15BrN2O2. The van der Waals surface area contributed by atoms with Gasteiger partial charge in [-0.1, -0.05) is 28.0 Å². The number of rotatable bonds is 5. The van der Waals surface area contributed by atoms with E-state index in [1.54, 1.807) is 12.3 Å². The molecule has 2 N–H and O–H groups in total. The topological polar surface area (TPSA) is 58.3 Å². The molecule has 0 amide bonds. The summed E-state index contributed by atoms with van der Waals surface area (Å²) in [7, 11) is 0. The van der Waals surface area contributed by atoms with Crippen molar-refractivity contribution in [2.75, 3.05) is 0 Å². The van der Waals surface area contributed by atoms with Crippen LogP contribution in [0.3, 0.4) is 0 Å². The average Bonchev–Trinajstić information content (AvgIpc) is 2.87. The van der Waals surface area contributed by atoms with E-state index >= 15 is 0 Å². The van der Waals surface area contributed by atoms with E-state index in [4.69, 9.17) is 4.52 Å². The smallest absolute Gasteiger partial charge is 0.124 e. The minimum atomic E-state index is 0.0826. The molecule has 0 radical (unpaired) electrons. The van der Waals surface area contributed by atoms with Crippen molar-refractivity contribution in [1.82, 2.24) is 10.5 Å². The Labute approximate surface area is 114 Å². The molecule has 1 unspecified atom stereocenters. The molecular weight excluding hydrogens is 296 g/mol. The molecule has 0 aliphatic rings. The Bertz CT molecular complexity index is 500. The summed E-state index contributed by atoms with van der Waals surface area (Å²) in [5, 5.41) is 17.1. The molecule has 0 fully saturated rings. The van der Waals surface area contributed by atoms with Crippen LogP contribution in [0.4, 0.5) is 0 Å². The van der Waals surface area contributed by atoms with E-state index in [9.17, 15) is 5.11 Å². The standard InChI is InChI=1S/C13H15BrN2O2/c1-2-12(15-8-10-5-6-18-16-10)11-7-9(14)3-4-13(11)17/h3-7,12,15,17H,2,8H2,1H3. The fraction of sp³-hybridized carbons (Fsp3) is 0.308. The maximum absolute atomic E-state index is 9.90. The first-order chi connectivity index (χ1) is 8.70. The molecule has 0 bridgehead atoms. The molecule has 1 aromatic heterocycles. The van der Waals surface area contributed by atoms with Crippen LogP contribution < -0.4 is 5.32 Å². The second-order valence-electron chi connectivity index (χ2n) is 4.04. The lowest BCUT2D eigenvalue weighted by atomic mass is 10.0. The summed E-state index contributed by atoms with van der Waals surface area (Å²) < 4.78 is 5.74. The number of aromatic nitrogens is 1. The third kappa shape index (κ3) is 3.11. The van der Waals surface area contributed by atoms with Crippen molar-refractivity contribution in [2.24, 2.45) is 0 Å². The highest BCUT2D eigenvalue weighted by Crippen LogP contribution is 2.29. The monoisotopic (exact) mass is 310 g/mol. The number of nitrogens with zero attached hydrogens (tertiary/aromatic N) is 1. The molecule has 2 rings (SSSR count). The number of phenolic OH excluding ortho intramolecular Hbond substituents is 1. The lowest BCUT2D eigenvalue weighted by molar-refractivity contribution is 0.401. The van der Waals surface area contributed by atoms with Gasteiger partial charge in [-0.2, -0.15) is 0 Å². The lowest BCUT2D eigenvalue weighted by Gasteiger charge is -2.18.